The van der Waals surface area contributed by atoms with Gasteiger partial charge in [-0.15, -0.1) is 0 Å². The summed E-state index contributed by atoms with van der Waals surface area (Å²) < 4.78 is 18.9. The summed E-state index contributed by atoms with van der Waals surface area (Å²) in [6, 6.07) is 21.1. The summed E-state index contributed by atoms with van der Waals surface area (Å²) in [6.45, 7) is 11.1. The first-order chi connectivity index (χ1) is 21.5. The first-order valence-corrected chi connectivity index (χ1v) is 15.1. The molecule has 0 bridgehead atoms. The average molecular weight is 615 g/mol. The predicted molar refractivity (Wildman–Crippen MR) is 175 cm³/mol. The molecule has 4 aromatic rings. The Morgan fingerprint density at radius 3 is 2.47 bits per heavy atom. The van der Waals surface area contributed by atoms with Crippen molar-refractivity contribution in [2.75, 3.05) is 57.6 Å². The van der Waals surface area contributed by atoms with E-state index < -0.39 is 12.4 Å². The summed E-state index contributed by atoms with van der Waals surface area (Å²) in [5, 5.41) is 12.6. The number of carbonyl (C=O) groups excluding carboxylic acids is 2. The van der Waals surface area contributed by atoms with E-state index in [-0.39, 0.29) is 11.4 Å². The fraction of sp³-hybridized carbons (Fsp3) is 0.382. The molecule has 11 heteroatoms. The van der Waals surface area contributed by atoms with Crippen LogP contribution >= 0.6 is 0 Å². The number of benzene rings is 3. The second kappa shape index (κ2) is 13.6. The summed E-state index contributed by atoms with van der Waals surface area (Å²) in [5.41, 5.74) is 3.34. The summed E-state index contributed by atoms with van der Waals surface area (Å²) >= 11 is 0. The number of hydrogen-bond acceptors (Lipinski definition) is 7. The number of rotatable bonds is 8. The van der Waals surface area contributed by atoms with E-state index in [1.165, 1.54) is 4.90 Å². The van der Waals surface area contributed by atoms with Crippen molar-refractivity contribution in [3.05, 3.63) is 78.0 Å². The number of morpholine rings is 1. The second-order valence-corrected chi connectivity index (χ2v) is 12.4. The number of amides is 3. The van der Waals surface area contributed by atoms with Crippen LogP contribution in [0.1, 0.15) is 32.0 Å². The zero-order valence-electron chi connectivity index (χ0n) is 26.8. The smallest absolute Gasteiger partial charge is 0.411 e. The molecule has 45 heavy (non-hydrogen) atoms. The van der Waals surface area contributed by atoms with Gasteiger partial charge in [0.05, 0.1) is 30.2 Å². The highest BCUT2D eigenvalue weighted by Gasteiger charge is 2.25. The van der Waals surface area contributed by atoms with E-state index in [0.29, 0.717) is 43.6 Å². The quantitative estimate of drug-likeness (QED) is 0.250. The Morgan fingerprint density at radius 1 is 1.02 bits per heavy atom. The van der Waals surface area contributed by atoms with Gasteiger partial charge in [-0.2, -0.15) is 5.10 Å². The number of carbonyl (C=O) groups is 2. The van der Waals surface area contributed by atoms with Crippen LogP contribution in [0.5, 0.6) is 5.75 Å². The van der Waals surface area contributed by atoms with Crippen LogP contribution in [-0.2, 0) is 14.9 Å². The Hall–Kier alpha value is -4.61. The van der Waals surface area contributed by atoms with E-state index in [1.54, 1.807) is 18.8 Å². The lowest BCUT2D eigenvalue weighted by Crippen LogP contribution is -2.46. The molecule has 238 valence electrons. The highest BCUT2D eigenvalue weighted by Crippen LogP contribution is 2.32. The van der Waals surface area contributed by atoms with Crippen LogP contribution in [0.25, 0.3) is 16.5 Å². The monoisotopic (exact) mass is 614 g/mol. The topological polar surface area (TPSA) is 110 Å². The van der Waals surface area contributed by atoms with Crippen molar-refractivity contribution in [3.63, 3.8) is 0 Å². The van der Waals surface area contributed by atoms with Crippen LogP contribution in [0.15, 0.2) is 66.7 Å². The van der Waals surface area contributed by atoms with Crippen LogP contribution in [0.4, 0.5) is 21.1 Å². The molecule has 1 aliphatic rings. The SMILES string of the molecule is Cc1ccc(-n2nc(C(C)(C)C)cc2NC(=O)Nc2ccc(OCCN3CCOC(OC(=O)N(C)C)C3)c3ccccc23)cc1. The van der Waals surface area contributed by atoms with Gasteiger partial charge in [-0.3, -0.25) is 10.2 Å². The minimum atomic E-state index is -0.610. The number of ether oxygens (including phenoxy) is 3. The molecule has 1 aliphatic heterocycles. The van der Waals surface area contributed by atoms with E-state index in [0.717, 1.165) is 34.3 Å². The number of nitrogens with one attached hydrogen (secondary N) is 2. The molecule has 3 amide bonds. The summed E-state index contributed by atoms with van der Waals surface area (Å²) in [7, 11) is 3.28. The molecule has 0 saturated carbocycles. The van der Waals surface area contributed by atoms with Crippen molar-refractivity contribution in [2.24, 2.45) is 0 Å². The molecule has 5 rings (SSSR count). The summed E-state index contributed by atoms with van der Waals surface area (Å²) in [6.07, 6.45) is -1.04. The third-order valence-corrected chi connectivity index (χ3v) is 7.51. The first-order valence-electron chi connectivity index (χ1n) is 15.1. The van der Waals surface area contributed by atoms with Gasteiger partial charge in [0, 0.05) is 49.4 Å². The van der Waals surface area contributed by atoms with E-state index in [9.17, 15) is 9.59 Å². The lowest BCUT2D eigenvalue weighted by Gasteiger charge is -2.32. The maximum atomic E-state index is 13.3. The standard InChI is InChI=1S/C34H42N6O5/c1-23-11-13-24(14-12-23)40-30(21-29(37-40)34(2,3)4)36-32(41)35-27-15-16-28(26-10-8-7-9-25(26)27)43-19-17-39-18-20-44-31(22-39)45-33(42)38(5)6/h7-16,21,31H,17-20,22H2,1-6H3,(H2,35,36,41). The van der Waals surface area contributed by atoms with Gasteiger partial charge in [0.1, 0.15) is 18.2 Å². The molecule has 0 aliphatic carbocycles. The molecular weight excluding hydrogens is 572 g/mol. The number of aryl methyl sites for hydroxylation is 1. The molecule has 11 nitrogen and oxygen atoms in total. The summed E-state index contributed by atoms with van der Waals surface area (Å²) in [4.78, 5) is 28.8. The Morgan fingerprint density at radius 2 is 1.76 bits per heavy atom. The minimum Gasteiger partial charge on any atom is -0.492 e. The normalized spacial score (nSPS) is 15.5. The molecule has 0 spiro atoms. The number of hydrogen-bond donors (Lipinski definition) is 2. The fourth-order valence-electron chi connectivity index (χ4n) is 4.94. The number of fused-ring (bicyclic) bond motifs is 1. The molecule has 1 aromatic heterocycles. The van der Waals surface area contributed by atoms with Crippen LogP contribution in [0, 0.1) is 6.92 Å². The van der Waals surface area contributed by atoms with Crippen molar-refractivity contribution < 1.29 is 23.8 Å². The van der Waals surface area contributed by atoms with E-state index in [1.807, 2.05) is 73.7 Å². The van der Waals surface area contributed by atoms with Crippen LogP contribution in [-0.4, -0.2) is 84.9 Å². The van der Waals surface area contributed by atoms with Crippen LogP contribution in [0.2, 0.25) is 0 Å². The highest BCUT2D eigenvalue weighted by molar-refractivity contribution is 6.07. The van der Waals surface area contributed by atoms with Gasteiger partial charge in [0.2, 0.25) is 6.29 Å². The number of aromatic nitrogens is 2. The Kier molecular flexibility index (Phi) is 9.60. The molecule has 1 saturated heterocycles. The Balaban J connectivity index is 1.26. The Bertz CT molecular complexity index is 1640. The third kappa shape index (κ3) is 7.92. The maximum Gasteiger partial charge on any atom is 0.411 e. The van der Waals surface area contributed by atoms with Gasteiger partial charge in [0.25, 0.3) is 0 Å². The largest absolute Gasteiger partial charge is 0.492 e. The molecule has 2 N–H and O–H groups in total. The molecule has 2 heterocycles. The molecule has 1 unspecified atom stereocenters. The van der Waals surface area contributed by atoms with Crippen molar-refractivity contribution in [1.29, 1.82) is 0 Å². The molecule has 1 atom stereocenters. The van der Waals surface area contributed by atoms with Crippen LogP contribution in [0.3, 0.4) is 0 Å². The first kappa shape index (κ1) is 31.8. The molecule has 1 fully saturated rings. The zero-order valence-corrected chi connectivity index (χ0v) is 26.8. The maximum absolute atomic E-state index is 13.3. The van der Waals surface area contributed by atoms with E-state index >= 15 is 0 Å². The Labute approximate surface area is 264 Å². The fourth-order valence-corrected chi connectivity index (χ4v) is 4.94. The van der Waals surface area contributed by atoms with E-state index in [4.69, 9.17) is 19.3 Å². The van der Waals surface area contributed by atoms with Crippen LogP contribution < -0.4 is 15.4 Å². The third-order valence-electron chi connectivity index (χ3n) is 7.51. The average Bonchev–Trinajstić information content (AvgIpc) is 3.43. The van der Waals surface area contributed by atoms with Gasteiger partial charge in [-0.05, 0) is 31.2 Å². The second-order valence-electron chi connectivity index (χ2n) is 12.4. The van der Waals surface area contributed by atoms with E-state index in [2.05, 4.69) is 36.3 Å². The van der Waals surface area contributed by atoms with Crippen molar-refractivity contribution in [2.45, 2.75) is 39.4 Å². The van der Waals surface area contributed by atoms with Crippen molar-refractivity contribution >= 4 is 34.4 Å². The van der Waals surface area contributed by atoms with Gasteiger partial charge in [-0.25, -0.2) is 14.3 Å². The van der Waals surface area contributed by atoms with Gasteiger partial charge in [-0.1, -0.05) is 62.7 Å². The molecular formula is C34H42N6O5. The van der Waals surface area contributed by atoms with Gasteiger partial charge >= 0.3 is 12.1 Å². The minimum absolute atomic E-state index is 0.197. The zero-order chi connectivity index (χ0) is 32.1. The van der Waals surface area contributed by atoms with Gasteiger partial charge < -0.3 is 24.4 Å². The lowest BCUT2D eigenvalue weighted by atomic mass is 9.92. The molecule has 3 aromatic carbocycles. The number of nitrogens with zero attached hydrogens (tertiary/aromatic N) is 4. The highest BCUT2D eigenvalue weighted by atomic mass is 16.7. The number of urea groups is 1. The van der Waals surface area contributed by atoms with Crippen molar-refractivity contribution in [3.8, 4) is 11.4 Å². The number of anilines is 2. The molecule has 0 radical (unpaired) electrons. The van der Waals surface area contributed by atoms with Crippen molar-refractivity contribution in [1.82, 2.24) is 19.6 Å². The van der Waals surface area contributed by atoms with Gasteiger partial charge in [0.15, 0.2) is 0 Å². The predicted octanol–water partition coefficient (Wildman–Crippen LogP) is 6.01. The lowest BCUT2D eigenvalue weighted by molar-refractivity contribution is -0.152. The summed E-state index contributed by atoms with van der Waals surface area (Å²) in [5.74, 6) is 1.29.